The summed E-state index contributed by atoms with van der Waals surface area (Å²) < 4.78 is 26.6. The summed E-state index contributed by atoms with van der Waals surface area (Å²) in [5, 5.41) is 3.33. The smallest absolute Gasteiger partial charge is 0.214 e. The third-order valence-corrected chi connectivity index (χ3v) is 7.32. The van der Waals surface area contributed by atoms with Gasteiger partial charge in [-0.2, -0.15) is 0 Å². The van der Waals surface area contributed by atoms with E-state index in [0.29, 0.717) is 17.1 Å². The summed E-state index contributed by atoms with van der Waals surface area (Å²) in [4.78, 5) is 0. The Kier molecular flexibility index (Phi) is 5.49. The fourth-order valence-corrected chi connectivity index (χ4v) is 4.90. The SMILES string of the molecule is CCC1(C)CCN(S(=O)(=O)CCC2CCNCC2)CC1. The summed E-state index contributed by atoms with van der Waals surface area (Å²) in [6, 6.07) is 0. The van der Waals surface area contributed by atoms with Crippen LogP contribution in [0.3, 0.4) is 0 Å². The second-order valence-corrected chi connectivity index (χ2v) is 8.95. The lowest BCUT2D eigenvalue weighted by atomic mass is 9.79. The highest BCUT2D eigenvalue weighted by molar-refractivity contribution is 7.89. The number of piperidine rings is 2. The Labute approximate surface area is 124 Å². The lowest BCUT2D eigenvalue weighted by Gasteiger charge is -2.38. The molecular weight excluding hydrogens is 272 g/mol. The van der Waals surface area contributed by atoms with Crippen molar-refractivity contribution in [2.75, 3.05) is 31.9 Å². The van der Waals surface area contributed by atoms with Crippen LogP contribution in [0, 0.1) is 11.3 Å². The molecule has 2 aliphatic rings. The van der Waals surface area contributed by atoms with Gasteiger partial charge >= 0.3 is 0 Å². The Morgan fingerprint density at radius 3 is 2.35 bits per heavy atom. The van der Waals surface area contributed by atoms with Crippen molar-refractivity contribution < 1.29 is 8.42 Å². The zero-order chi connectivity index (χ0) is 14.6. The number of nitrogens with one attached hydrogen (secondary N) is 1. The van der Waals surface area contributed by atoms with Crippen LogP contribution in [0.5, 0.6) is 0 Å². The molecule has 1 N–H and O–H groups in total. The quantitative estimate of drug-likeness (QED) is 0.847. The molecule has 0 aromatic rings. The fraction of sp³-hybridized carbons (Fsp3) is 1.00. The average Bonchev–Trinajstić information content (AvgIpc) is 2.47. The van der Waals surface area contributed by atoms with Crippen LogP contribution in [0.2, 0.25) is 0 Å². The fourth-order valence-electron chi connectivity index (χ4n) is 3.27. The number of nitrogens with zero attached hydrogens (tertiary/aromatic N) is 1. The molecule has 0 aromatic heterocycles. The molecule has 2 rings (SSSR count). The van der Waals surface area contributed by atoms with Crippen molar-refractivity contribution >= 4 is 10.0 Å². The monoisotopic (exact) mass is 302 g/mol. The van der Waals surface area contributed by atoms with Gasteiger partial charge in [0.05, 0.1) is 5.75 Å². The Hall–Kier alpha value is -0.130. The van der Waals surface area contributed by atoms with Crippen LogP contribution in [-0.2, 0) is 10.0 Å². The van der Waals surface area contributed by atoms with Crippen molar-refractivity contribution in [2.24, 2.45) is 11.3 Å². The number of hydrogen-bond donors (Lipinski definition) is 1. The third-order valence-electron chi connectivity index (χ3n) is 5.42. The van der Waals surface area contributed by atoms with Gasteiger partial charge in [-0.1, -0.05) is 20.3 Å². The molecule has 0 radical (unpaired) electrons. The van der Waals surface area contributed by atoms with Crippen molar-refractivity contribution in [1.29, 1.82) is 0 Å². The first-order valence-corrected chi connectivity index (χ1v) is 9.75. The molecule has 2 aliphatic heterocycles. The summed E-state index contributed by atoms with van der Waals surface area (Å²) in [5.41, 5.74) is 0.348. The third kappa shape index (κ3) is 4.18. The highest BCUT2D eigenvalue weighted by Crippen LogP contribution is 2.35. The maximum atomic E-state index is 12.4. The van der Waals surface area contributed by atoms with Gasteiger partial charge in [0, 0.05) is 13.1 Å². The standard InChI is InChI=1S/C15H30N2O2S/c1-3-15(2)7-11-17(12-8-15)20(18,19)13-6-14-4-9-16-10-5-14/h14,16H,3-13H2,1-2H3. The molecule has 0 aromatic carbocycles. The molecule has 0 bridgehead atoms. The molecule has 0 saturated carbocycles. The molecule has 0 amide bonds. The second kappa shape index (κ2) is 6.75. The molecule has 0 unspecified atom stereocenters. The number of rotatable bonds is 5. The minimum atomic E-state index is -3.03. The van der Waals surface area contributed by atoms with Gasteiger partial charge in [0.2, 0.25) is 10.0 Å². The molecule has 2 fully saturated rings. The van der Waals surface area contributed by atoms with E-state index in [2.05, 4.69) is 19.2 Å². The maximum Gasteiger partial charge on any atom is 0.214 e. The predicted octanol–water partition coefficient (Wildman–Crippen LogP) is 2.22. The van der Waals surface area contributed by atoms with E-state index in [4.69, 9.17) is 0 Å². The molecule has 0 atom stereocenters. The minimum Gasteiger partial charge on any atom is -0.317 e. The average molecular weight is 302 g/mol. The topological polar surface area (TPSA) is 49.4 Å². The van der Waals surface area contributed by atoms with Crippen molar-refractivity contribution in [3.05, 3.63) is 0 Å². The van der Waals surface area contributed by atoms with Crippen molar-refractivity contribution in [1.82, 2.24) is 9.62 Å². The van der Waals surface area contributed by atoms with Gasteiger partial charge in [0.25, 0.3) is 0 Å². The van der Waals surface area contributed by atoms with Crippen LogP contribution in [-0.4, -0.2) is 44.7 Å². The van der Waals surface area contributed by atoms with E-state index in [1.54, 1.807) is 4.31 Å². The number of sulfonamides is 1. The van der Waals surface area contributed by atoms with Crippen LogP contribution in [0.25, 0.3) is 0 Å². The molecule has 5 heteroatoms. The van der Waals surface area contributed by atoms with Gasteiger partial charge in [0.1, 0.15) is 0 Å². The molecule has 4 nitrogen and oxygen atoms in total. The summed E-state index contributed by atoms with van der Waals surface area (Å²) in [6.07, 6.45) is 6.26. The molecular formula is C15H30N2O2S. The van der Waals surface area contributed by atoms with E-state index >= 15 is 0 Å². The Bertz CT molecular complexity index is 394. The Balaban J connectivity index is 1.81. The summed E-state index contributed by atoms with van der Waals surface area (Å²) >= 11 is 0. The van der Waals surface area contributed by atoms with Gasteiger partial charge < -0.3 is 5.32 Å². The highest BCUT2D eigenvalue weighted by Gasteiger charge is 2.33. The predicted molar refractivity (Wildman–Crippen MR) is 83.2 cm³/mol. The minimum absolute atomic E-state index is 0.348. The maximum absolute atomic E-state index is 12.4. The molecule has 2 heterocycles. The van der Waals surface area contributed by atoms with Crippen molar-refractivity contribution in [2.45, 2.75) is 52.4 Å². The van der Waals surface area contributed by atoms with Crippen LogP contribution in [0.4, 0.5) is 0 Å². The van der Waals surface area contributed by atoms with Crippen LogP contribution in [0.15, 0.2) is 0 Å². The normalized spacial score (nSPS) is 25.7. The van der Waals surface area contributed by atoms with Gasteiger partial charge in [0.15, 0.2) is 0 Å². The zero-order valence-electron chi connectivity index (χ0n) is 13.0. The largest absolute Gasteiger partial charge is 0.317 e. The van der Waals surface area contributed by atoms with Gasteiger partial charge in [-0.25, -0.2) is 12.7 Å². The summed E-state index contributed by atoms with van der Waals surface area (Å²) in [6.45, 7) is 8.03. The van der Waals surface area contributed by atoms with E-state index in [9.17, 15) is 8.42 Å². The van der Waals surface area contributed by atoms with Crippen LogP contribution in [0.1, 0.15) is 52.4 Å². The van der Waals surface area contributed by atoms with Gasteiger partial charge in [-0.05, 0) is 56.5 Å². The Morgan fingerprint density at radius 2 is 1.80 bits per heavy atom. The summed E-state index contributed by atoms with van der Waals surface area (Å²) in [7, 11) is -3.03. The molecule has 118 valence electrons. The first-order valence-electron chi connectivity index (χ1n) is 8.14. The molecule has 0 spiro atoms. The Morgan fingerprint density at radius 1 is 1.20 bits per heavy atom. The van der Waals surface area contributed by atoms with E-state index in [1.165, 1.54) is 0 Å². The zero-order valence-corrected chi connectivity index (χ0v) is 13.8. The lowest BCUT2D eigenvalue weighted by molar-refractivity contribution is 0.168. The number of hydrogen-bond acceptors (Lipinski definition) is 3. The van der Waals surface area contributed by atoms with Crippen molar-refractivity contribution in [3.63, 3.8) is 0 Å². The first kappa shape index (κ1) is 16.2. The van der Waals surface area contributed by atoms with E-state index < -0.39 is 10.0 Å². The van der Waals surface area contributed by atoms with Crippen LogP contribution >= 0.6 is 0 Å². The highest BCUT2D eigenvalue weighted by atomic mass is 32.2. The van der Waals surface area contributed by atoms with Gasteiger partial charge in [-0.3, -0.25) is 0 Å². The first-order chi connectivity index (χ1) is 9.45. The molecule has 0 aliphatic carbocycles. The van der Waals surface area contributed by atoms with E-state index in [-0.39, 0.29) is 0 Å². The lowest BCUT2D eigenvalue weighted by Crippen LogP contribution is -2.43. The van der Waals surface area contributed by atoms with Crippen molar-refractivity contribution in [3.8, 4) is 0 Å². The molecule has 20 heavy (non-hydrogen) atoms. The summed E-state index contributed by atoms with van der Waals surface area (Å²) in [5.74, 6) is 0.942. The van der Waals surface area contributed by atoms with Crippen LogP contribution < -0.4 is 5.32 Å². The van der Waals surface area contributed by atoms with E-state index in [1.807, 2.05) is 0 Å². The molecule has 2 saturated heterocycles. The second-order valence-electron chi connectivity index (χ2n) is 6.86. The van der Waals surface area contributed by atoms with E-state index in [0.717, 1.165) is 64.7 Å². The van der Waals surface area contributed by atoms with Gasteiger partial charge in [-0.15, -0.1) is 0 Å².